The molecule has 1 N–H and O–H groups in total. The second-order valence-corrected chi connectivity index (χ2v) is 7.59. The number of aromatic nitrogens is 7. The molecular formula is C16H17Cl2N7O3. The summed E-state index contributed by atoms with van der Waals surface area (Å²) in [6.07, 6.45) is 2.70. The van der Waals surface area contributed by atoms with Crippen molar-refractivity contribution in [2.45, 2.75) is 50.3 Å². The molecule has 2 aliphatic heterocycles. The topological polar surface area (TPSA) is 113 Å². The molecule has 0 radical (unpaired) electrons. The van der Waals surface area contributed by atoms with Crippen LogP contribution in [-0.4, -0.2) is 64.5 Å². The molecule has 0 amide bonds. The Labute approximate surface area is 169 Å². The number of aliphatic hydroxyl groups excluding tert-OH is 1. The van der Waals surface area contributed by atoms with Gasteiger partial charge in [0.25, 0.3) is 0 Å². The quantitative estimate of drug-likeness (QED) is 0.494. The van der Waals surface area contributed by atoms with Crippen LogP contribution in [0.15, 0.2) is 12.5 Å². The third-order valence-corrected chi connectivity index (χ3v) is 5.55. The van der Waals surface area contributed by atoms with E-state index in [1.807, 2.05) is 6.20 Å². The smallest absolute Gasteiger partial charge is 0.225 e. The first-order chi connectivity index (χ1) is 13.6. The average molecular weight is 426 g/mol. The predicted molar refractivity (Wildman–Crippen MR) is 98.1 cm³/mol. The lowest BCUT2D eigenvalue weighted by Gasteiger charge is -2.20. The van der Waals surface area contributed by atoms with Gasteiger partial charge in [-0.05, 0) is 18.0 Å². The molecule has 0 saturated carbocycles. The fraction of sp³-hybridized carbons (Fsp3) is 0.562. The summed E-state index contributed by atoms with van der Waals surface area (Å²) in [5, 5.41) is 19.4. The summed E-state index contributed by atoms with van der Waals surface area (Å²) >= 11 is 12.0. The summed E-state index contributed by atoms with van der Waals surface area (Å²) in [5.74, 6) is 0. The number of rotatable bonds is 4. The van der Waals surface area contributed by atoms with E-state index < -0.39 is 18.4 Å². The van der Waals surface area contributed by atoms with Gasteiger partial charge in [0.2, 0.25) is 5.28 Å². The zero-order valence-corrected chi connectivity index (χ0v) is 16.3. The van der Waals surface area contributed by atoms with E-state index >= 15 is 0 Å². The van der Waals surface area contributed by atoms with Gasteiger partial charge < -0.3 is 14.6 Å². The van der Waals surface area contributed by atoms with E-state index in [-0.39, 0.29) is 22.6 Å². The van der Waals surface area contributed by atoms with Crippen LogP contribution in [0.3, 0.4) is 0 Å². The summed E-state index contributed by atoms with van der Waals surface area (Å²) in [7, 11) is 0. The number of halogens is 2. The van der Waals surface area contributed by atoms with Crippen molar-refractivity contribution >= 4 is 34.4 Å². The van der Waals surface area contributed by atoms with Crippen molar-refractivity contribution in [3.05, 3.63) is 28.7 Å². The molecular weight excluding hydrogens is 409 g/mol. The van der Waals surface area contributed by atoms with E-state index in [9.17, 15) is 5.11 Å². The third-order valence-electron chi connectivity index (χ3n) is 5.12. The first-order valence-electron chi connectivity index (χ1n) is 8.98. The molecule has 3 aromatic rings. The van der Waals surface area contributed by atoms with Crippen LogP contribution < -0.4 is 0 Å². The molecule has 148 valence electrons. The zero-order chi connectivity index (χ0) is 19.4. The van der Waals surface area contributed by atoms with Gasteiger partial charge in [0.1, 0.15) is 29.9 Å². The highest BCUT2D eigenvalue weighted by Crippen LogP contribution is 2.42. The highest BCUT2D eigenvalue weighted by atomic mass is 35.5. The fourth-order valence-electron chi connectivity index (χ4n) is 3.83. The van der Waals surface area contributed by atoms with E-state index in [4.69, 9.17) is 32.7 Å². The van der Waals surface area contributed by atoms with Gasteiger partial charge in [0, 0.05) is 6.20 Å². The van der Waals surface area contributed by atoms with Crippen molar-refractivity contribution < 1.29 is 14.6 Å². The number of aryl methyl sites for hydroxylation is 1. The molecule has 0 spiro atoms. The maximum Gasteiger partial charge on any atom is 0.225 e. The van der Waals surface area contributed by atoms with Crippen LogP contribution in [0.1, 0.15) is 31.3 Å². The number of imidazole rings is 1. The Morgan fingerprint density at radius 1 is 1.29 bits per heavy atom. The Balaban J connectivity index is 1.45. The summed E-state index contributed by atoms with van der Waals surface area (Å²) in [4.78, 5) is 12.3. The summed E-state index contributed by atoms with van der Waals surface area (Å²) in [5.41, 5.74) is 1.69. The monoisotopic (exact) mass is 425 g/mol. The normalized spacial score (nSPS) is 29.6. The Morgan fingerprint density at radius 3 is 2.96 bits per heavy atom. The van der Waals surface area contributed by atoms with Gasteiger partial charge in [-0.25, -0.2) is 14.6 Å². The van der Waals surface area contributed by atoms with E-state index in [0.29, 0.717) is 17.8 Å². The predicted octanol–water partition coefficient (Wildman–Crippen LogP) is 1.58. The van der Waals surface area contributed by atoms with Crippen molar-refractivity contribution in [1.29, 1.82) is 0 Å². The minimum absolute atomic E-state index is 0.00729. The molecule has 5 rings (SSSR count). The molecule has 12 heteroatoms. The molecule has 2 fully saturated rings. The summed E-state index contributed by atoms with van der Waals surface area (Å²) < 4.78 is 15.4. The molecule has 0 unspecified atom stereocenters. The van der Waals surface area contributed by atoms with E-state index in [1.165, 1.54) is 6.33 Å². The van der Waals surface area contributed by atoms with Crippen LogP contribution in [0.2, 0.25) is 10.4 Å². The lowest BCUT2D eigenvalue weighted by atomic mass is 10.1. The van der Waals surface area contributed by atoms with Crippen LogP contribution in [0.25, 0.3) is 11.2 Å². The SMILES string of the molecule is CCCc1cn([C@H]2CO[C@@H]3[C@@H](O)[C@H](n4cnc5c(Cl)nc(Cl)nc54)O[C@@H]32)nn1. The maximum absolute atomic E-state index is 10.8. The first-order valence-corrected chi connectivity index (χ1v) is 9.74. The summed E-state index contributed by atoms with van der Waals surface area (Å²) in [6, 6.07) is -0.181. The van der Waals surface area contributed by atoms with Crippen molar-refractivity contribution in [3.63, 3.8) is 0 Å². The van der Waals surface area contributed by atoms with Crippen molar-refractivity contribution in [3.8, 4) is 0 Å². The second-order valence-electron chi connectivity index (χ2n) is 6.89. The zero-order valence-electron chi connectivity index (χ0n) is 14.8. The van der Waals surface area contributed by atoms with Crippen molar-refractivity contribution in [2.24, 2.45) is 0 Å². The van der Waals surface area contributed by atoms with Gasteiger partial charge in [-0.1, -0.05) is 30.2 Å². The number of hydrogen-bond acceptors (Lipinski definition) is 8. The van der Waals surface area contributed by atoms with Gasteiger partial charge in [0.15, 0.2) is 17.0 Å². The van der Waals surface area contributed by atoms with Crippen molar-refractivity contribution in [2.75, 3.05) is 6.61 Å². The molecule has 3 aromatic heterocycles. The molecule has 0 aliphatic carbocycles. The van der Waals surface area contributed by atoms with E-state index in [1.54, 1.807) is 9.25 Å². The van der Waals surface area contributed by atoms with Gasteiger partial charge >= 0.3 is 0 Å². The Morgan fingerprint density at radius 2 is 2.14 bits per heavy atom. The molecule has 2 aliphatic rings. The lowest BCUT2D eigenvalue weighted by molar-refractivity contribution is -0.0589. The van der Waals surface area contributed by atoms with Gasteiger partial charge in [-0.15, -0.1) is 5.10 Å². The fourth-order valence-corrected chi connectivity index (χ4v) is 4.25. The van der Waals surface area contributed by atoms with E-state index in [2.05, 4.69) is 32.2 Å². The van der Waals surface area contributed by atoms with Crippen LogP contribution in [0, 0.1) is 0 Å². The van der Waals surface area contributed by atoms with E-state index in [0.717, 1.165) is 18.5 Å². The molecule has 10 nitrogen and oxygen atoms in total. The highest BCUT2D eigenvalue weighted by molar-refractivity contribution is 6.35. The van der Waals surface area contributed by atoms with Gasteiger partial charge in [-0.2, -0.15) is 4.98 Å². The van der Waals surface area contributed by atoms with Gasteiger partial charge in [0.05, 0.1) is 18.6 Å². The largest absolute Gasteiger partial charge is 0.386 e. The summed E-state index contributed by atoms with van der Waals surface area (Å²) in [6.45, 7) is 2.48. The number of hydrogen-bond donors (Lipinski definition) is 1. The number of aliphatic hydroxyl groups is 1. The Hall–Kier alpha value is -1.85. The third kappa shape index (κ3) is 2.79. The maximum atomic E-state index is 10.8. The molecule has 28 heavy (non-hydrogen) atoms. The standard InChI is InChI=1S/C16H17Cl2N7O3/c1-2-3-7-4-25(23-22-7)8-5-27-12-10(26)15(28-11(8)12)24-6-19-9-13(17)20-16(18)21-14(9)24/h4,6,8,10-12,15,26H,2-3,5H2,1H3/t8-,10+,11+,12+,15+/m0/s1. The molecule has 5 atom stereocenters. The first kappa shape index (κ1) is 18.2. The minimum Gasteiger partial charge on any atom is -0.386 e. The second kappa shape index (κ2) is 6.89. The molecule has 2 saturated heterocycles. The minimum atomic E-state index is -0.918. The van der Waals surface area contributed by atoms with Gasteiger partial charge in [-0.3, -0.25) is 4.57 Å². The lowest BCUT2D eigenvalue weighted by Crippen LogP contribution is -2.31. The van der Waals surface area contributed by atoms with Crippen molar-refractivity contribution in [1.82, 2.24) is 34.5 Å². The number of fused-ring (bicyclic) bond motifs is 2. The van der Waals surface area contributed by atoms with Crippen LogP contribution in [-0.2, 0) is 15.9 Å². The highest BCUT2D eigenvalue weighted by Gasteiger charge is 2.54. The van der Waals surface area contributed by atoms with Crippen LogP contribution in [0.5, 0.6) is 0 Å². The van der Waals surface area contributed by atoms with Crippen LogP contribution in [0.4, 0.5) is 0 Å². The average Bonchev–Trinajstić information content (AvgIpc) is 3.40. The molecule has 0 aromatic carbocycles. The Kier molecular flexibility index (Phi) is 4.48. The molecule has 0 bridgehead atoms. The molecule has 5 heterocycles. The Bertz CT molecular complexity index is 1030. The number of nitrogens with zero attached hydrogens (tertiary/aromatic N) is 7. The number of ether oxygens (including phenoxy) is 2. The van der Waals surface area contributed by atoms with Crippen LogP contribution >= 0.6 is 23.2 Å².